The van der Waals surface area contributed by atoms with Gasteiger partial charge in [0.05, 0.1) is 12.1 Å². The second-order valence-corrected chi connectivity index (χ2v) is 4.33. The average molecular weight is 250 g/mol. The van der Waals surface area contributed by atoms with Crippen molar-refractivity contribution in [3.05, 3.63) is 29.7 Å². The fourth-order valence-electron chi connectivity index (χ4n) is 1.98. The molecular formula is C13H18N2O3. The number of nitrogens with one attached hydrogen (secondary N) is 2. The lowest BCUT2D eigenvalue weighted by Crippen LogP contribution is -2.42. The number of ether oxygens (including phenoxy) is 1. The second-order valence-electron chi connectivity index (χ2n) is 4.33. The van der Waals surface area contributed by atoms with Gasteiger partial charge in [0.25, 0.3) is 0 Å². The molecule has 18 heavy (non-hydrogen) atoms. The van der Waals surface area contributed by atoms with Crippen LogP contribution in [0.4, 0.5) is 0 Å². The highest BCUT2D eigenvalue weighted by molar-refractivity contribution is 5.91. The molecule has 0 bridgehead atoms. The van der Waals surface area contributed by atoms with Crippen LogP contribution in [-0.2, 0) is 9.53 Å². The molecule has 0 aliphatic carbocycles. The van der Waals surface area contributed by atoms with E-state index in [9.17, 15) is 4.79 Å². The van der Waals surface area contributed by atoms with E-state index in [2.05, 4.69) is 10.6 Å². The van der Waals surface area contributed by atoms with Gasteiger partial charge in [-0.05, 0) is 25.1 Å². The largest absolute Gasteiger partial charge is 0.462 e. The molecule has 2 heterocycles. The van der Waals surface area contributed by atoms with E-state index in [4.69, 9.17) is 9.15 Å². The van der Waals surface area contributed by atoms with Crippen LogP contribution in [0.5, 0.6) is 0 Å². The van der Waals surface area contributed by atoms with Crippen LogP contribution >= 0.6 is 0 Å². The SMILES string of the molecule is COC1CNCC1NC(=O)/C=C/c1ccc(C)o1. The maximum absolute atomic E-state index is 11.7. The summed E-state index contributed by atoms with van der Waals surface area (Å²) >= 11 is 0. The number of rotatable bonds is 4. The molecule has 1 aliphatic heterocycles. The molecule has 5 nitrogen and oxygen atoms in total. The minimum Gasteiger partial charge on any atom is -0.462 e. The number of aryl methyl sites for hydroxylation is 1. The minimum atomic E-state index is -0.139. The van der Waals surface area contributed by atoms with Crippen molar-refractivity contribution < 1.29 is 13.9 Å². The minimum absolute atomic E-state index is 0.0190. The number of amides is 1. The van der Waals surface area contributed by atoms with Crippen LogP contribution < -0.4 is 10.6 Å². The molecule has 0 spiro atoms. The first-order chi connectivity index (χ1) is 8.69. The number of hydrogen-bond acceptors (Lipinski definition) is 4. The average Bonchev–Trinajstić information content (AvgIpc) is 2.95. The highest BCUT2D eigenvalue weighted by Gasteiger charge is 2.27. The van der Waals surface area contributed by atoms with Gasteiger partial charge in [0.1, 0.15) is 11.5 Å². The molecule has 98 valence electrons. The zero-order valence-electron chi connectivity index (χ0n) is 10.6. The molecule has 2 N–H and O–H groups in total. The molecule has 1 aromatic rings. The summed E-state index contributed by atoms with van der Waals surface area (Å²) in [5, 5.41) is 6.08. The van der Waals surface area contributed by atoms with Crippen molar-refractivity contribution in [3.63, 3.8) is 0 Å². The lowest BCUT2D eigenvalue weighted by atomic mass is 10.2. The van der Waals surface area contributed by atoms with Gasteiger partial charge < -0.3 is 19.8 Å². The lowest BCUT2D eigenvalue weighted by molar-refractivity contribution is -0.117. The monoisotopic (exact) mass is 250 g/mol. The molecule has 1 aromatic heterocycles. The Bertz CT molecular complexity index is 439. The Balaban J connectivity index is 1.86. The number of furan rings is 1. The van der Waals surface area contributed by atoms with E-state index in [0.717, 1.165) is 18.8 Å². The summed E-state index contributed by atoms with van der Waals surface area (Å²) < 4.78 is 10.6. The molecule has 1 fully saturated rings. The first-order valence-corrected chi connectivity index (χ1v) is 5.97. The molecule has 1 amide bonds. The highest BCUT2D eigenvalue weighted by Crippen LogP contribution is 2.08. The molecule has 2 atom stereocenters. The summed E-state index contributed by atoms with van der Waals surface area (Å²) in [5.74, 6) is 1.37. The van der Waals surface area contributed by atoms with Gasteiger partial charge >= 0.3 is 0 Å². The van der Waals surface area contributed by atoms with Gasteiger partial charge in [-0.15, -0.1) is 0 Å². The molecule has 2 unspecified atom stereocenters. The van der Waals surface area contributed by atoms with E-state index in [-0.39, 0.29) is 18.1 Å². The van der Waals surface area contributed by atoms with Crippen molar-refractivity contribution in [2.45, 2.75) is 19.1 Å². The van der Waals surface area contributed by atoms with E-state index in [1.54, 1.807) is 13.2 Å². The molecule has 2 rings (SSSR count). The normalized spacial score (nSPS) is 23.7. The maximum Gasteiger partial charge on any atom is 0.244 e. The van der Waals surface area contributed by atoms with Gasteiger partial charge in [-0.1, -0.05) is 0 Å². The molecule has 0 aromatic carbocycles. The Hall–Kier alpha value is -1.59. The standard InChI is InChI=1S/C13H18N2O3/c1-9-3-4-10(18-9)5-6-13(16)15-11-7-14-8-12(11)17-2/h3-6,11-12,14H,7-8H2,1-2H3,(H,15,16)/b6-5+. The smallest absolute Gasteiger partial charge is 0.244 e. The third-order valence-electron chi connectivity index (χ3n) is 2.95. The van der Waals surface area contributed by atoms with E-state index in [0.29, 0.717) is 5.76 Å². The topological polar surface area (TPSA) is 63.5 Å². The van der Waals surface area contributed by atoms with Gasteiger partial charge in [-0.3, -0.25) is 4.79 Å². The predicted octanol–water partition coefficient (Wildman–Crippen LogP) is 0.704. The van der Waals surface area contributed by atoms with Gasteiger partial charge in [0, 0.05) is 26.3 Å². The van der Waals surface area contributed by atoms with Crippen molar-refractivity contribution in [3.8, 4) is 0 Å². The summed E-state index contributed by atoms with van der Waals surface area (Å²) in [7, 11) is 1.65. The van der Waals surface area contributed by atoms with E-state index in [1.165, 1.54) is 6.08 Å². The number of carbonyl (C=O) groups is 1. The van der Waals surface area contributed by atoms with E-state index < -0.39 is 0 Å². The van der Waals surface area contributed by atoms with Crippen molar-refractivity contribution in [1.29, 1.82) is 0 Å². The zero-order valence-corrected chi connectivity index (χ0v) is 10.6. The van der Waals surface area contributed by atoms with Gasteiger partial charge in [-0.2, -0.15) is 0 Å². The van der Waals surface area contributed by atoms with Gasteiger partial charge in [0.2, 0.25) is 5.91 Å². The molecule has 0 radical (unpaired) electrons. The summed E-state index contributed by atoms with van der Waals surface area (Å²) in [4.78, 5) is 11.7. The Kier molecular flexibility index (Phi) is 4.17. The fourth-order valence-corrected chi connectivity index (χ4v) is 1.98. The van der Waals surface area contributed by atoms with Crippen molar-refractivity contribution in [2.24, 2.45) is 0 Å². The van der Waals surface area contributed by atoms with Crippen molar-refractivity contribution >= 4 is 12.0 Å². The molecular weight excluding hydrogens is 232 g/mol. The van der Waals surface area contributed by atoms with Gasteiger partial charge in [0.15, 0.2) is 0 Å². The van der Waals surface area contributed by atoms with Crippen molar-refractivity contribution in [1.82, 2.24) is 10.6 Å². The Morgan fingerprint density at radius 2 is 2.39 bits per heavy atom. The van der Waals surface area contributed by atoms with Crippen LogP contribution in [0.15, 0.2) is 22.6 Å². The van der Waals surface area contributed by atoms with Crippen LogP contribution in [0.25, 0.3) is 6.08 Å². The summed E-state index contributed by atoms with van der Waals surface area (Å²) in [6.07, 6.45) is 3.17. The highest BCUT2D eigenvalue weighted by atomic mass is 16.5. The molecule has 1 aliphatic rings. The fraction of sp³-hybridized carbons (Fsp3) is 0.462. The molecule has 5 heteroatoms. The lowest BCUT2D eigenvalue weighted by Gasteiger charge is -2.17. The zero-order chi connectivity index (χ0) is 13.0. The number of carbonyl (C=O) groups excluding carboxylic acids is 1. The van der Waals surface area contributed by atoms with Crippen LogP contribution in [0.2, 0.25) is 0 Å². The quantitative estimate of drug-likeness (QED) is 0.772. The maximum atomic E-state index is 11.7. The van der Waals surface area contributed by atoms with Crippen LogP contribution in [0, 0.1) is 6.92 Å². The summed E-state index contributed by atoms with van der Waals surface area (Å²) in [6.45, 7) is 3.37. The number of hydrogen-bond donors (Lipinski definition) is 2. The second kappa shape index (κ2) is 5.84. The Labute approximate surface area is 106 Å². The predicted molar refractivity (Wildman–Crippen MR) is 68.1 cm³/mol. The van der Waals surface area contributed by atoms with E-state index in [1.807, 2.05) is 19.1 Å². The third kappa shape index (κ3) is 3.21. The Morgan fingerprint density at radius 1 is 1.56 bits per heavy atom. The van der Waals surface area contributed by atoms with Crippen molar-refractivity contribution in [2.75, 3.05) is 20.2 Å². The van der Waals surface area contributed by atoms with Crippen LogP contribution in [0.1, 0.15) is 11.5 Å². The van der Waals surface area contributed by atoms with Gasteiger partial charge in [-0.25, -0.2) is 0 Å². The van der Waals surface area contributed by atoms with E-state index >= 15 is 0 Å². The van der Waals surface area contributed by atoms with Crippen LogP contribution in [-0.4, -0.2) is 38.3 Å². The molecule has 1 saturated heterocycles. The third-order valence-corrected chi connectivity index (χ3v) is 2.95. The Morgan fingerprint density at radius 3 is 3.06 bits per heavy atom. The first-order valence-electron chi connectivity index (χ1n) is 5.97. The number of methoxy groups -OCH3 is 1. The summed E-state index contributed by atoms with van der Waals surface area (Å²) in [5.41, 5.74) is 0. The summed E-state index contributed by atoms with van der Waals surface area (Å²) in [6, 6.07) is 3.71. The van der Waals surface area contributed by atoms with Crippen LogP contribution in [0.3, 0.4) is 0 Å². The first kappa shape index (κ1) is 12.9. The molecule has 0 saturated carbocycles.